The molecule has 1 aliphatic heterocycles. The molecule has 15 heavy (non-hydrogen) atoms. The van der Waals surface area contributed by atoms with Gasteiger partial charge >= 0.3 is 0 Å². The first-order valence-corrected chi connectivity index (χ1v) is 4.63. The van der Waals surface area contributed by atoms with Crippen LogP contribution in [-0.4, -0.2) is 29.1 Å². The van der Waals surface area contributed by atoms with Crippen molar-refractivity contribution in [3.8, 4) is 6.07 Å². The van der Waals surface area contributed by atoms with Crippen LogP contribution in [0.1, 0.15) is 12.1 Å². The van der Waals surface area contributed by atoms with Crippen LogP contribution in [0.4, 0.5) is 5.82 Å². The van der Waals surface area contributed by atoms with Crippen molar-refractivity contribution in [2.45, 2.75) is 6.42 Å². The molecule has 6 nitrogen and oxygen atoms in total. The summed E-state index contributed by atoms with van der Waals surface area (Å²) in [6, 6.07) is 1.91. The van der Waals surface area contributed by atoms with Gasteiger partial charge in [-0.3, -0.25) is 4.79 Å². The number of nitrogens with zero attached hydrogens (tertiary/aromatic N) is 2. The van der Waals surface area contributed by atoms with Crippen LogP contribution >= 0.6 is 0 Å². The van der Waals surface area contributed by atoms with Crippen LogP contribution in [0.25, 0.3) is 0 Å². The van der Waals surface area contributed by atoms with Crippen molar-refractivity contribution < 1.29 is 9.53 Å². The fraction of sp³-hybridized carbons (Fsp3) is 0.444. The molecular weight excluding hydrogens is 196 g/mol. The molecule has 1 aromatic rings. The number of nitriles is 1. The highest BCUT2D eigenvalue weighted by atomic mass is 16.5. The van der Waals surface area contributed by atoms with Gasteiger partial charge in [0.25, 0.3) is 0 Å². The first-order chi connectivity index (χ1) is 7.31. The number of anilines is 1. The van der Waals surface area contributed by atoms with Crippen LogP contribution in [0.3, 0.4) is 0 Å². The monoisotopic (exact) mass is 206 g/mol. The van der Waals surface area contributed by atoms with Crippen molar-refractivity contribution in [1.29, 1.82) is 5.26 Å². The van der Waals surface area contributed by atoms with E-state index in [0.717, 1.165) is 6.42 Å². The minimum Gasteiger partial charge on any atom is -0.381 e. The highest BCUT2D eigenvalue weighted by molar-refractivity contribution is 5.92. The minimum absolute atomic E-state index is 0.131. The van der Waals surface area contributed by atoms with Gasteiger partial charge in [0.2, 0.25) is 5.91 Å². The zero-order valence-corrected chi connectivity index (χ0v) is 7.99. The van der Waals surface area contributed by atoms with Crippen molar-refractivity contribution in [2.75, 3.05) is 18.5 Å². The molecule has 1 saturated heterocycles. The summed E-state index contributed by atoms with van der Waals surface area (Å²) in [5, 5.41) is 11.3. The maximum absolute atomic E-state index is 11.6. The topological polar surface area (TPSA) is 90.8 Å². The zero-order valence-electron chi connectivity index (χ0n) is 7.99. The molecule has 0 aromatic carbocycles. The van der Waals surface area contributed by atoms with Gasteiger partial charge < -0.3 is 15.0 Å². The van der Waals surface area contributed by atoms with Gasteiger partial charge in [-0.05, 0) is 6.42 Å². The fourth-order valence-electron chi connectivity index (χ4n) is 1.43. The van der Waals surface area contributed by atoms with Gasteiger partial charge in [-0.15, -0.1) is 0 Å². The smallest absolute Gasteiger partial charge is 0.231 e. The van der Waals surface area contributed by atoms with Crippen molar-refractivity contribution in [3.63, 3.8) is 0 Å². The molecule has 0 aliphatic carbocycles. The first-order valence-electron chi connectivity index (χ1n) is 4.63. The molecule has 0 bridgehead atoms. The van der Waals surface area contributed by atoms with Crippen LogP contribution in [0.15, 0.2) is 6.33 Å². The van der Waals surface area contributed by atoms with Crippen LogP contribution in [0.2, 0.25) is 0 Å². The van der Waals surface area contributed by atoms with E-state index in [4.69, 9.17) is 10.00 Å². The summed E-state index contributed by atoms with van der Waals surface area (Å²) >= 11 is 0. The Hall–Kier alpha value is -1.87. The normalized spacial score (nSPS) is 19.8. The summed E-state index contributed by atoms with van der Waals surface area (Å²) in [5.41, 5.74) is 0.266. The van der Waals surface area contributed by atoms with Crippen LogP contribution < -0.4 is 5.32 Å². The number of rotatable bonds is 2. The lowest BCUT2D eigenvalue weighted by Crippen LogP contribution is -2.23. The second kappa shape index (κ2) is 4.11. The van der Waals surface area contributed by atoms with E-state index in [1.807, 2.05) is 6.07 Å². The number of ether oxygens (including phenoxy) is 1. The second-order valence-electron chi connectivity index (χ2n) is 3.29. The van der Waals surface area contributed by atoms with E-state index >= 15 is 0 Å². The number of H-pyrrole nitrogens is 1. The van der Waals surface area contributed by atoms with Crippen molar-refractivity contribution in [3.05, 3.63) is 12.0 Å². The summed E-state index contributed by atoms with van der Waals surface area (Å²) in [6.45, 7) is 1.06. The fourth-order valence-corrected chi connectivity index (χ4v) is 1.43. The molecule has 1 amide bonds. The molecule has 0 radical (unpaired) electrons. The van der Waals surface area contributed by atoms with Crippen LogP contribution in [-0.2, 0) is 9.53 Å². The van der Waals surface area contributed by atoms with Gasteiger partial charge in [0.1, 0.15) is 6.07 Å². The van der Waals surface area contributed by atoms with E-state index in [1.165, 1.54) is 6.33 Å². The van der Waals surface area contributed by atoms with Gasteiger partial charge in [0.15, 0.2) is 11.5 Å². The molecule has 2 heterocycles. The Balaban J connectivity index is 2.02. The van der Waals surface area contributed by atoms with E-state index in [9.17, 15) is 4.79 Å². The maximum atomic E-state index is 11.6. The standard InChI is InChI=1S/C9H10N4O2/c10-3-7-8(12-5-11-7)13-9(14)6-1-2-15-4-6/h5-6H,1-2,4H2,(H,11,12)(H,13,14). The summed E-state index contributed by atoms with van der Waals surface area (Å²) in [7, 11) is 0. The van der Waals surface area contributed by atoms with Gasteiger partial charge in [-0.1, -0.05) is 0 Å². The molecule has 1 fully saturated rings. The summed E-state index contributed by atoms with van der Waals surface area (Å²) in [4.78, 5) is 18.1. The predicted molar refractivity (Wildman–Crippen MR) is 50.9 cm³/mol. The largest absolute Gasteiger partial charge is 0.381 e. The lowest BCUT2D eigenvalue weighted by Gasteiger charge is -2.06. The van der Waals surface area contributed by atoms with Crippen LogP contribution in [0, 0.1) is 17.2 Å². The van der Waals surface area contributed by atoms with Crippen molar-refractivity contribution in [1.82, 2.24) is 9.97 Å². The third-order valence-electron chi connectivity index (χ3n) is 2.29. The van der Waals surface area contributed by atoms with Gasteiger partial charge in [-0.25, -0.2) is 4.98 Å². The molecular formula is C9H10N4O2. The Morgan fingerprint density at radius 3 is 3.33 bits per heavy atom. The van der Waals surface area contributed by atoms with Crippen LogP contribution in [0.5, 0.6) is 0 Å². The van der Waals surface area contributed by atoms with Crippen molar-refractivity contribution >= 4 is 11.7 Å². The molecule has 2 rings (SSSR count). The number of imidazole rings is 1. The lowest BCUT2D eigenvalue weighted by molar-refractivity contribution is -0.119. The van der Waals surface area contributed by atoms with Crippen molar-refractivity contribution in [2.24, 2.45) is 5.92 Å². The highest BCUT2D eigenvalue weighted by Crippen LogP contribution is 2.15. The van der Waals surface area contributed by atoms with E-state index < -0.39 is 0 Å². The molecule has 78 valence electrons. The highest BCUT2D eigenvalue weighted by Gasteiger charge is 2.24. The van der Waals surface area contributed by atoms with E-state index in [2.05, 4.69) is 15.3 Å². The number of hydrogen-bond donors (Lipinski definition) is 2. The summed E-state index contributed by atoms with van der Waals surface area (Å²) in [5.74, 6) is 0.0127. The van der Waals surface area contributed by atoms with Gasteiger partial charge in [-0.2, -0.15) is 5.26 Å². The molecule has 6 heteroatoms. The summed E-state index contributed by atoms with van der Waals surface area (Å²) < 4.78 is 5.10. The molecule has 1 aliphatic rings. The minimum atomic E-state index is -0.142. The third-order valence-corrected chi connectivity index (χ3v) is 2.29. The summed E-state index contributed by atoms with van der Waals surface area (Å²) in [6.07, 6.45) is 2.09. The Kier molecular flexibility index (Phi) is 2.65. The molecule has 1 unspecified atom stereocenters. The number of amides is 1. The second-order valence-corrected chi connectivity index (χ2v) is 3.29. The lowest BCUT2D eigenvalue weighted by atomic mass is 10.1. The van der Waals surface area contributed by atoms with E-state index in [0.29, 0.717) is 13.2 Å². The SMILES string of the molecule is N#Cc1[nH]cnc1NC(=O)C1CCOC1. The Labute approximate surface area is 86.3 Å². The number of carbonyl (C=O) groups is 1. The Morgan fingerprint density at radius 2 is 2.67 bits per heavy atom. The average molecular weight is 206 g/mol. The third kappa shape index (κ3) is 1.97. The van der Waals surface area contributed by atoms with E-state index in [-0.39, 0.29) is 23.3 Å². The maximum Gasteiger partial charge on any atom is 0.231 e. The van der Waals surface area contributed by atoms with Gasteiger partial charge in [0, 0.05) is 6.61 Å². The number of nitrogens with one attached hydrogen (secondary N) is 2. The molecule has 2 N–H and O–H groups in total. The molecule has 0 saturated carbocycles. The number of carbonyl (C=O) groups excluding carboxylic acids is 1. The number of hydrogen-bond acceptors (Lipinski definition) is 4. The molecule has 0 spiro atoms. The molecule has 1 aromatic heterocycles. The Morgan fingerprint density at radius 1 is 1.80 bits per heavy atom. The molecule has 1 atom stereocenters. The predicted octanol–water partition coefficient (Wildman–Crippen LogP) is 0.256. The number of aromatic nitrogens is 2. The first kappa shape index (κ1) is 9.68. The Bertz CT molecular complexity index is 400. The zero-order chi connectivity index (χ0) is 10.7. The number of aromatic amines is 1. The quantitative estimate of drug-likeness (QED) is 0.725. The average Bonchev–Trinajstić information content (AvgIpc) is 2.87. The van der Waals surface area contributed by atoms with E-state index in [1.54, 1.807) is 0 Å². The van der Waals surface area contributed by atoms with Gasteiger partial charge in [0.05, 0.1) is 18.9 Å².